The number of hydrogen-bond donors (Lipinski definition) is 2. The molecule has 2 aromatic carbocycles. The van der Waals surface area contributed by atoms with Gasteiger partial charge >= 0.3 is 0 Å². The molecule has 28 heavy (non-hydrogen) atoms. The quantitative estimate of drug-likeness (QED) is 0.573. The third-order valence-electron chi connectivity index (χ3n) is 5.95. The van der Waals surface area contributed by atoms with E-state index in [2.05, 4.69) is 44.7 Å². The topological polar surface area (TPSA) is 61.0 Å². The van der Waals surface area contributed by atoms with E-state index in [1.807, 2.05) is 30.3 Å². The summed E-state index contributed by atoms with van der Waals surface area (Å²) in [5, 5.41) is 10.9. The summed E-state index contributed by atoms with van der Waals surface area (Å²) in [4.78, 5) is 14.5. The number of anilines is 1. The summed E-state index contributed by atoms with van der Waals surface area (Å²) < 4.78 is 0. The Hall–Kier alpha value is -2.92. The molecule has 0 radical (unpaired) electrons. The molecule has 0 atom stereocenters. The number of carbonyl (C=O) groups is 1. The zero-order chi connectivity index (χ0) is 18.9. The van der Waals surface area contributed by atoms with Crippen LogP contribution >= 0.6 is 0 Å². The summed E-state index contributed by atoms with van der Waals surface area (Å²) in [5.74, 6) is 0.531. The van der Waals surface area contributed by atoms with Gasteiger partial charge in [-0.1, -0.05) is 42.5 Å². The van der Waals surface area contributed by atoms with Crippen molar-refractivity contribution in [1.82, 2.24) is 15.1 Å². The number of nitrogens with one attached hydrogen (secondary N) is 2. The first-order valence-corrected chi connectivity index (χ1v) is 10.0. The minimum Gasteiger partial charge on any atom is -0.325 e. The molecule has 0 unspecified atom stereocenters. The summed E-state index contributed by atoms with van der Waals surface area (Å²) in [6.45, 7) is 2.31. The molecule has 1 amide bonds. The van der Waals surface area contributed by atoms with Gasteiger partial charge in [-0.2, -0.15) is 5.10 Å². The molecule has 5 heteroatoms. The highest BCUT2D eigenvalue weighted by Gasteiger charge is 2.30. The van der Waals surface area contributed by atoms with Crippen molar-refractivity contribution < 1.29 is 4.79 Å². The second-order valence-electron chi connectivity index (χ2n) is 7.76. The van der Waals surface area contributed by atoms with E-state index >= 15 is 0 Å². The first kappa shape index (κ1) is 17.2. The Labute approximate surface area is 164 Å². The van der Waals surface area contributed by atoms with E-state index in [1.165, 1.54) is 28.1 Å². The summed E-state index contributed by atoms with van der Waals surface area (Å²) in [6, 6.07) is 18.2. The standard InChI is InChI=1S/C23H24N4O/c28-21(24-18-7-2-1-3-8-18)15-27-12-10-16(11-13-27)22-20-14-17-6-4-5-9-19(17)23(20)26-25-22/h1-9,16H,10-15H2,(H,24,28)(H,25,26). The van der Waals surface area contributed by atoms with Gasteiger partial charge in [0.15, 0.2) is 0 Å². The van der Waals surface area contributed by atoms with Gasteiger partial charge in [-0.05, 0) is 43.6 Å². The van der Waals surface area contributed by atoms with E-state index in [-0.39, 0.29) is 5.91 Å². The first-order valence-electron chi connectivity index (χ1n) is 10.0. The smallest absolute Gasteiger partial charge is 0.238 e. The van der Waals surface area contributed by atoms with Gasteiger partial charge in [0.2, 0.25) is 5.91 Å². The zero-order valence-corrected chi connectivity index (χ0v) is 15.8. The number of aromatic amines is 1. The van der Waals surface area contributed by atoms with E-state index in [4.69, 9.17) is 0 Å². The normalized spacial score (nSPS) is 16.6. The second-order valence-corrected chi connectivity index (χ2v) is 7.76. The van der Waals surface area contributed by atoms with Gasteiger partial charge in [0, 0.05) is 29.2 Å². The summed E-state index contributed by atoms with van der Waals surface area (Å²) in [7, 11) is 0. The Morgan fingerprint density at radius 2 is 1.82 bits per heavy atom. The van der Waals surface area contributed by atoms with Crippen molar-refractivity contribution in [1.29, 1.82) is 0 Å². The van der Waals surface area contributed by atoms with Crippen molar-refractivity contribution in [2.24, 2.45) is 0 Å². The molecule has 3 aromatic rings. The van der Waals surface area contributed by atoms with E-state index in [0.29, 0.717) is 12.5 Å². The van der Waals surface area contributed by atoms with E-state index in [9.17, 15) is 4.79 Å². The molecular formula is C23H24N4O. The fourth-order valence-electron chi connectivity index (χ4n) is 4.52. The molecule has 1 fully saturated rings. The molecule has 0 bridgehead atoms. The molecule has 1 aromatic heterocycles. The monoisotopic (exact) mass is 372 g/mol. The lowest BCUT2D eigenvalue weighted by Crippen LogP contribution is -2.38. The van der Waals surface area contributed by atoms with Crippen LogP contribution in [0.15, 0.2) is 54.6 Å². The van der Waals surface area contributed by atoms with Crippen LogP contribution < -0.4 is 5.32 Å². The average Bonchev–Trinajstić information content (AvgIpc) is 3.29. The van der Waals surface area contributed by atoms with Crippen LogP contribution in [-0.4, -0.2) is 40.6 Å². The van der Waals surface area contributed by atoms with Crippen LogP contribution in [-0.2, 0) is 11.2 Å². The van der Waals surface area contributed by atoms with Crippen LogP contribution in [0.1, 0.15) is 35.6 Å². The highest BCUT2D eigenvalue weighted by molar-refractivity contribution is 5.92. The Kier molecular flexibility index (Phi) is 4.45. The Balaban J connectivity index is 1.19. The van der Waals surface area contributed by atoms with E-state index in [1.54, 1.807) is 0 Å². The number of likely N-dealkylation sites (tertiary alicyclic amines) is 1. The maximum absolute atomic E-state index is 12.3. The highest BCUT2D eigenvalue weighted by Crippen LogP contribution is 2.40. The molecule has 0 saturated carbocycles. The lowest BCUT2D eigenvalue weighted by atomic mass is 9.90. The largest absolute Gasteiger partial charge is 0.325 e. The third-order valence-corrected chi connectivity index (χ3v) is 5.95. The molecule has 2 aliphatic rings. The Morgan fingerprint density at radius 3 is 2.64 bits per heavy atom. The second kappa shape index (κ2) is 7.24. The Bertz CT molecular complexity index is 987. The number of carbonyl (C=O) groups excluding carboxylic acids is 1. The highest BCUT2D eigenvalue weighted by atomic mass is 16.2. The van der Waals surface area contributed by atoms with Gasteiger partial charge in [-0.3, -0.25) is 14.8 Å². The maximum Gasteiger partial charge on any atom is 0.238 e. The number of aromatic nitrogens is 2. The number of rotatable bonds is 4. The van der Waals surface area contributed by atoms with Crippen molar-refractivity contribution in [2.45, 2.75) is 25.2 Å². The van der Waals surface area contributed by atoms with Crippen molar-refractivity contribution in [2.75, 3.05) is 25.0 Å². The number of fused-ring (bicyclic) bond motifs is 3. The number of benzene rings is 2. The molecular weight excluding hydrogens is 348 g/mol. The predicted octanol–water partition coefficient (Wildman–Crippen LogP) is 3.80. The number of para-hydroxylation sites is 1. The molecule has 2 heterocycles. The van der Waals surface area contributed by atoms with Crippen LogP contribution in [0.5, 0.6) is 0 Å². The van der Waals surface area contributed by atoms with Crippen molar-refractivity contribution in [3.05, 3.63) is 71.4 Å². The van der Waals surface area contributed by atoms with Crippen molar-refractivity contribution in [3.8, 4) is 11.3 Å². The molecule has 1 aliphatic carbocycles. The van der Waals surface area contributed by atoms with Gasteiger partial charge in [-0.25, -0.2) is 0 Å². The number of H-pyrrole nitrogens is 1. The van der Waals surface area contributed by atoms with E-state index < -0.39 is 0 Å². The lowest BCUT2D eigenvalue weighted by Gasteiger charge is -2.31. The number of amides is 1. The maximum atomic E-state index is 12.3. The van der Waals surface area contributed by atoms with Gasteiger partial charge in [0.1, 0.15) is 0 Å². The molecule has 1 aliphatic heterocycles. The Morgan fingerprint density at radius 1 is 1.07 bits per heavy atom. The average molecular weight is 372 g/mol. The van der Waals surface area contributed by atoms with Crippen LogP contribution in [0.2, 0.25) is 0 Å². The zero-order valence-electron chi connectivity index (χ0n) is 15.8. The fraction of sp³-hybridized carbons (Fsp3) is 0.304. The van der Waals surface area contributed by atoms with Crippen molar-refractivity contribution in [3.63, 3.8) is 0 Å². The molecule has 5 nitrogen and oxygen atoms in total. The van der Waals surface area contributed by atoms with Gasteiger partial charge < -0.3 is 5.32 Å². The van der Waals surface area contributed by atoms with Crippen LogP contribution in [0.25, 0.3) is 11.3 Å². The fourth-order valence-corrected chi connectivity index (χ4v) is 4.52. The van der Waals surface area contributed by atoms with Gasteiger partial charge in [0.05, 0.1) is 17.9 Å². The number of piperidine rings is 1. The molecule has 5 rings (SSSR count). The summed E-state index contributed by atoms with van der Waals surface area (Å²) in [5.41, 5.74) is 7.36. The summed E-state index contributed by atoms with van der Waals surface area (Å²) >= 11 is 0. The number of nitrogens with zero attached hydrogens (tertiary/aromatic N) is 2. The minimum atomic E-state index is 0.0563. The first-order chi connectivity index (χ1) is 13.8. The van der Waals surface area contributed by atoms with Gasteiger partial charge in [-0.15, -0.1) is 0 Å². The molecule has 0 spiro atoms. The lowest BCUT2D eigenvalue weighted by molar-refractivity contribution is -0.117. The molecule has 142 valence electrons. The van der Waals surface area contributed by atoms with Crippen molar-refractivity contribution >= 4 is 11.6 Å². The summed E-state index contributed by atoms with van der Waals surface area (Å²) in [6.07, 6.45) is 3.08. The van der Waals surface area contributed by atoms with Crippen LogP contribution in [0, 0.1) is 0 Å². The minimum absolute atomic E-state index is 0.0563. The van der Waals surface area contributed by atoms with E-state index in [0.717, 1.165) is 38.0 Å². The van der Waals surface area contributed by atoms with Crippen LogP contribution in [0.4, 0.5) is 5.69 Å². The predicted molar refractivity (Wildman–Crippen MR) is 110 cm³/mol. The third kappa shape index (κ3) is 3.22. The molecule has 2 N–H and O–H groups in total. The number of hydrogen-bond acceptors (Lipinski definition) is 3. The SMILES string of the molecule is O=C(CN1CCC(c2n[nH]c3c2Cc2ccccc2-3)CC1)Nc1ccccc1. The van der Waals surface area contributed by atoms with Crippen LogP contribution in [0.3, 0.4) is 0 Å². The van der Waals surface area contributed by atoms with Gasteiger partial charge in [0.25, 0.3) is 0 Å². The molecule has 1 saturated heterocycles.